The van der Waals surface area contributed by atoms with E-state index in [2.05, 4.69) is 10.3 Å². The lowest BCUT2D eigenvalue weighted by Gasteiger charge is -2.21. The number of halogens is 3. The van der Waals surface area contributed by atoms with Gasteiger partial charge in [0.1, 0.15) is 6.54 Å². The smallest absolute Gasteiger partial charge is 0.255 e. The molecule has 4 aromatic rings. The molecule has 0 saturated heterocycles. The molecule has 6 nitrogen and oxygen atoms in total. The maximum absolute atomic E-state index is 13.1. The van der Waals surface area contributed by atoms with Crippen LogP contribution in [-0.2, 0) is 4.79 Å². The van der Waals surface area contributed by atoms with Crippen molar-refractivity contribution in [2.45, 2.75) is 13.8 Å². The van der Waals surface area contributed by atoms with Gasteiger partial charge in [0.2, 0.25) is 11.9 Å². The lowest BCUT2D eigenvalue weighted by Crippen LogP contribution is -2.38. The van der Waals surface area contributed by atoms with Crippen molar-refractivity contribution in [2.24, 2.45) is 0 Å². The van der Waals surface area contributed by atoms with Crippen molar-refractivity contribution in [3.8, 4) is 16.9 Å². The van der Waals surface area contributed by atoms with Crippen LogP contribution in [0, 0.1) is 6.92 Å². The molecule has 9 heteroatoms. The number of amides is 2. The Balaban J connectivity index is 1.60. The Hall–Kier alpha value is -3.32. The molecule has 1 N–H and O–H groups in total. The van der Waals surface area contributed by atoms with E-state index in [0.717, 1.165) is 16.8 Å². The van der Waals surface area contributed by atoms with Crippen LogP contribution in [0.2, 0.25) is 15.1 Å². The summed E-state index contributed by atoms with van der Waals surface area (Å²) in [5.41, 5.74) is 3.74. The van der Waals surface area contributed by atoms with Gasteiger partial charge < -0.3 is 4.90 Å². The van der Waals surface area contributed by atoms with Gasteiger partial charge in [0.25, 0.3) is 5.91 Å². The number of likely N-dealkylation sites (N-methyl/N-ethyl adjacent to an activating group) is 1. The number of imidazole rings is 1. The lowest BCUT2D eigenvalue weighted by molar-refractivity contribution is -0.116. The van der Waals surface area contributed by atoms with Crippen LogP contribution in [0.3, 0.4) is 0 Å². The first-order valence-electron chi connectivity index (χ1n) is 11.2. The van der Waals surface area contributed by atoms with Gasteiger partial charge in [-0.05, 0) is 56.3 Å². The summed E-state index contributed by atoms with van der Waals surface area (Å²) in [5, 5.41) is 4.14. The number of aromatic nitrogens is 2. The number of hydrogen-bond acceptors (Lipinski definition) is 3. The zero-order chi connectivity index (χ0) is 25.8. The van der Waals surface area contributed by atoms with E-state index in [-0.39, 0.29) is 23.0 Å². The number of aryl methyl sites for hydroxylation is 1. The molecule has 0 spiro atoms. The molecule has 3 aromatic carbocycles. The molecular formula is C27H23Cl3N4O2. The molecule has 1 heterocycles. The van der Waals surface area contributed by atoms with Gasteiger partial charge in [-0.1, -0.05) is 64.6 Å². The van der Waals surface area contributed by atoms with Crippen LogP contribution in [-0.4, -0.2) is 39.4 Å². The maximum Gasteiger partial charge on any atom is 0.255 e. The minimum atomic E-state index is -0.392. The molecule has 1 aromatic heterocycles. The summed E-state index contributed by atoms with van der Waals surface area (Å²) >= 11 is 18.2. The Labute approximate surface area is 224 Å². The van der Waals surface area contributed by atoms with Gasteiger partial charge in [-0.3, -0.25) is 19.5 Å². The van der Waals surface area contributed by atoms with E-state index >= 15 is 0 Å². The van der Waals surface area contributed by atoms with Gasteiger partial charge in [-0.2, -0.15) is 0 Å². The van der Waals surface area contributed by atoms with Crippen LogP contribution < -0.4 is 5.32 Å². The minimum absolute atomic E-state index is 0.175. The monoisotopic (exact) mass is 540 g/mol. The first kappa shape index (κ1) is 25.8. The third-order valence-electron chi connectivity index (χ3n) is 5.57. The number of rotatable bonds is 7. The molecule has 2 amide bonds. The topological polar surface area (TPSA) is 67.2 Å². The molecule has 4 rings (SSSR count). The quantitative estimate of drug-likeness (QED) is 0.276. The van der Waals surface area contributed by atoms with Gasteiger partial charge in [-0.25, -0.2) is 4.98 Å². The van der Waals surface area contributed by atoms with Gasteiger partial charge in [0.15, 0.2) is 0 Å². The number of carbonyl (C=O) groups is 2. The summed E-state index contributed by atoms with van der Waals surface area (Å²) in [5.74, 6) is -0.420. The summed E-state index contributed by atoms with van der Waals surface area (Å²) in [4.78, 5) is 32.1. The fourth-order valence-corrected chi connectivity index (χ4v) is 4.24. The summed E-state index contributed by atoms with van der Waals surface area (Å²) in [7, 11) is 0. The zero-order valence-electron chi connectivity index (χ0n) is 19.6. The molecule has 0 saturated carbocycles. The van der Waals surface area contributed by atoms with Crippen LogP contribution in [0.25, 0.3) is 16.9 Å². The molecule has 0 unspecified atom stereocenters. The van der Waals surface area contributed by atoms with Crippen molar-refractivity contribution in [2.75, 3.05) is 18.4 Å². The van der Waals surface area contributed by atoms with Crippen LogP contribution in [0.1, 0.15) is 22.8 Å². The SMILES string of the molecule is CCN(CC(=O)Nc1nc(-c2ccc(Cl)cc2)cn1-c1ccc(C)cc1)C(=O)c1ccc(Cl)cc1Cl. The van der Waals surface area contributed by atoms with Crippen molar-refractivity contribution in [1.29, 1.82) is 0 Å². The molecule has 0 aliphatic carbocycles. The third kappa shape index (κ3) is 5.90. The number of nitrogens with one attached hydrogen (secondary N) is 1. The van der Waals surface area contributed by atoms with E-state index in [9.17, 15) is 9.59 Å². The van der Waals surface area contributed by atoms with E-state index in [0.29, 0.717) is 28.2 Å². The molecule has 0 fully saturated rings. The Morgan fingerprint density at radius 1 is 0.944 bits per heavy atom. The second-order valence-corrected chi connectivity index (χ2v) is 9.43. The van der Waals surface area contributed by atoms with Gasteiger partial charge >= 0.3 is 0 Å². The van der Waals surface area contributed by atoms with Crippen molar-refractivity contribution < 1.29 is 9.59 Å². The first-order valence-corrected chi connectivity index (χ1v) is 12.3. The van der Waals surface area contributed by atoms with Crippen molar-refractivity contribution in [3.05, 3.63) is 99.1 Å². The van der Waals surface area contributed by atoms with Crippen LogP contribution in [0.4, 0.5) is 5.95 Å². The molecule has 0 atom stereocenters. The Morgan fingerprint density at radius 3 is 2.25 bits per heavy atom. The van der Waals surface area contributed by atoms with Crippen LogP contribution >= 0.6 is 34.8 Å². The summed E-state index contributed by atoms with van der Waals surface area (Å²) < 4.78 is 1.80. The highest BCUT2D eigenvalue weighted by Crippen LogP contribution is 2.26. The van der Waals surface area contributed by atoms with Crippen molar-refractivity contribution in [1.82, 2.24) is 14.5 Å². The summed E-state index contributed by atoms with van der Waals surface area (Å²) in [6.45, 7) is 3.93. The fraction of sp³-hybridized carbons (Fsp3) is 0.148. The van der Waals surface area contributed by atoms with Gasteiger partial charge in [-0.15, -0.1) is 0 Å². The average Bonchev–Trinajstić information content (AvgIpc) is 3.26. The highest BCUT2D eigenvalue weighted by Gasteiger charge is 2.21. The Kier molecular flexibility index (Phi) is 7.99. The van der Waals surface area contributed by atoms with Gasteiger partial charge in [0.05, 0.1) is 16.3 Å². The maximum atomic E-state index is 13.1. The number of carbonyl (C=O) groups excluding carboxylic acids is 2. The van der Waals surface area contributed by atoms with Crippen molar-refractivity contribution in [3.63, 3.8) is 0 Å². The third-order valence-corrected chi connectivity index (χ3v) is 6.37. The van der Waals surface area contributed by atoms with E-state index < -0.39 is 5.91 Å². The number of benzene rings is 3. The largest absolute Gasteiger partial charge is 0.330 e. The zero-order valence-corrected chi connectivity index (χ0v) is 21.9. The van der Waals surface area contributed by atoms with Crippen LogP contribution in [0.5, 0.6) is 0 Å². The molecule has 184 valence electrons. The molecule has 0 aliphatic heterocycles. The second kappa shape index (κ2) is 11.2. The Morgan fingerprint density at radius 2 is 1.61 bits per heavy atom. The van der Waals surface area contributed by atoms with Gasteiger partial charge in [0, 0.05) is 34.0 Å². The average molecular weight is 542 g/mol. The number of anilines is 1. The lowest BCUT2D eigenvalue weighted by atomic mass is 10.2. The molecule has 0 aliphatic rings. The van der Waals surface area contributed by atoms with Crippen LogP contribution in [0.15, 0.2) is 72.9 Å². The number of nitrogens with zero attached hydrogens (tertiary/aromatic N) is 3. The molecule has 36 heavy (non-hydrogen) atoms. The normalized spacial score (nSPS) is 10.8. The van der Waals surface area contributed by atoms with E-state index in [1.54, 1.807) is 35.8 Å². The predicted molar refractivity (Wildman–Crippen MR) is 145 cm³/mol. The minimum Gasteiger partial charge on any atom is -0.330 e. The first-order chi connectivity index (χ1) is 17.2. The highest BCUT2D eigenvalue weighted by atomic mass is 35.5. The standard InChI is InChI=1S/C27H23Cl3N4O2/c1-3-33(26(36)22-13-10-20(29)14-23(22)30)16-25(35)32-27-31-24(18-6-8-19(28)9-7-18)15-34(27)21-11-4-17(2)5-12-21/h4-15H,3,16H2,1-2H3,(H,31,32,35). The molecule has 0 radical (unpaired) electrons. The van der Waals surface area contributed by atoms with E-state index in [1.807, 2.05) is 49.5 Å². The highest BCUT2D eigenvalue weighted by molar-refractivity contribution is 6.36. The second-order valence-electron chi connectivity index (χ2n) is 8.15. The predicted octanol–water partition coefficient (Wildman–Crippen LogP) is 6.91. The fourth-order valence-electron chi connectivity index (χ4n) is 3.63. The summed E-state index contributed by atoms with van der Waals surface area (Å²) in [6.07, 6.45) is 1.85. The Bertz CT molecular complexity index is 1400. The van der Waals surface area contributed by atoms with E-state index in [1.165, 1.54) is 11.0 Å². The molecular weight excluding hydrogens is 519 g/mol. The van der Waals surface area contributed by atoms with Crippen molar-refractivity contribution >= 4 is 52.6 Å². The molecule has 0 bridgehead atoms. The number of hydrogen-bond donors (Lipinski definition) is 1. The van der Waals surface area contributed by atoms with E-state index in [4.69, 9.17) is 34.8 Å². The summed E-state index contributed by atoms with van der Waals surface area (Å²) in [6, 6.07) is 19.8.